The number of methoxy groups -OCH3 is 1. The van der Waals surface area contributed by atoms with Crippen LogP contribution in [0.1, 0.15) is 32.8 Å². The molecule has 0 saturated carbocycles. The summed E-state index contributed by atoms with van der Waals surface area (Å²) in [4.78, 5) is 15.7. The molecule has 0 aliphatic carbocycles. The molecule has 2 atom stereocenters. The summed E-state index contributed by atoms with van der Waals surface area (Å²) in [5, 5.41) is 14.8. The van der Waals surface area contributed by atoms with Crippen molar-refractivity contribution in [2.24, 2.45) is 10.6 Å². The minimum Gasteiger partial charge on any atom is -0.389 e. The second-order valence-electron chi connectivity index (χ2n) is 6.21. The van der Waals surface area contributed by atoms with Crippen LogP contribution < -0.4 is 0 Å². The fourth-order valence-corrected chi connectivity index (χ4v) is 2.57. The Bertz CT molecular complexity index is 546. The van der Waals surface area contributed by atoms with Gasteiger partial charge in [0.25, 0.3) is 5.69 Å². The van der Waals surface area contributed by atoms with Gasteiger partial charge in [-0.1, -0.05) is 25.9 Å². The molecule has 1 aliphatic rings. The Morgan fingerprint density at radius 2 is 2.00 bits per heavy atom. The van der Waals surface area contributed by atoms with Crippen LogP contribution in [0.3, 0.4) is 0 Å². The highest BCUT2D eigenvalue weighted by molar-refractivity contribution is 6.01. The molecule has 1 heterocycles. The highest BCUT2D eigenvalue weighted by Gasteiger charge is 2.37. The number of nitrogens with zero attached hydrogens (tertiary/aromatic N) is 2. The molecule has 6 heteroatoms. The van der Waals surface area contributed by atoms with Crippen LogP contribution in [0, 0.1) is 15.5 Å². The molecule has 0 spiro atoms. The highest BCUT2D eigenvalue weighted by atomic mass is 16.7. The average Bonchev–Trinajstić information content (AvgIpc) is 2.87. The second-order valence-corrected chi connectivity index (χ2v) is 6.21. The summed E-state index contributed by atoms with van der Waals surface area (Å²) >= 11 is 0. The van der Waals surface area contributed by atoms with Crippen molar-refractivity contribution in [3.8, 4) is 0 Å². The largest absolute Gasteiger partial charge is 0.389 e. The molecule has 2 rings (SSSR count). The molecule has 114 valence electrons. The molecule has 0 fully saturated rings. The molecule has 0 saturated heterocycles. The lowest BCUT2D eigenvalue weighted by molar-refractivity contribution is -0.384. The van der Waals surface area contributed by atoms with Crippen molar-refractivity contribution in [1.29, 1.82) is 0 Å². The van der Waals surface area contributed by atoms with E-state index in [9.17, 15) is 10.1 Å². The van der Waals surface area contributed by atoms with Gasteiger partial charge in [0, 0.05) is 25.7 Å². The number of nitro benzene ring substituents is 1. The van der Waals surface area contributed by atoms with Gasteiger partial charge in [-0.05, 0) is 23.1 Å². The van der Waals surface area contributed by atoms with E-state index >= 15 is 0 Å². The number of benzene rings is 1. The summed E-state index contributed by atoms with van der Waals surface area (Å²) in [7, 11) is 1.67. The molecule has 0 amide bonds. The quantitative estimate of drug-likeness (QED) is 0.631. The number of hydrogen-bond donors (Lipinski definition) is 0. The van der Waals surface area contributed by atoms with E-state index in [0.717, 1.165) is 11.3 Å². The molecule has 21 heavy (non-hydrogen) atoms. The average molecular weight is 292 g/mol. The highest BCUT2D eigenvalue weighted by Crippen LogP contribution is 2.31. The van der Waals surface area contributed by atoms with Crippen molar-refractivity contribution < 1.29 is 14.5 Å². The maximum atomic E-state index is 10.7. The minimum atomic E-state index is -0.417. The van der Waals surface area contributed by atoms with Crippen molar-refractivity contribution >= 4 is 11.4 Å². The Kier molecular flexibility index (Phi) is 4.27. The van der Waals surface area contributed by atoms with Gasteiger partial charge in [0.15, 0.2) is 6.10 Å². The molecule has 0 aromatic heterocycles. The topological polar surface area (TPSA) is 74.0 Å². The monoisotopic (exact) mass is 292 g/mol. The van der Waals surface area contributed by atoms with E-state index in [2.05, 4.69) is 25.9 Å². The maximum Gasteiger partial charge on any atom is 0.269 e. The van der Waals surface area contributed by atoms with E-state index in [-0.39, 0.29) is 23.3 Å². The number of nitro groups is 1. The Morgan fingerprint density at radius 1 is 1.38 bits per heavy atom. The van der Waals surface area contributed by atoms with Crippen LogP contribution in [0.15, 0.2) is 29.4 Å². The molecule has 0 bridgehead atoms. The molecule has 1 aromatic carbocycles. The smallest absolute Gasteiger partial charge is 0.269 e. The second kappa shape index (κ2) is 5.81. The van der Waals surface area contributed by atoms with Gasteiger partial charge in [-0.25, -0.2) is 0 Å². The van der Waals surface area contributed by atoms with Gasteiger partial charge in [0.1, 0.15) is 6.10 Å². The van der Waals surface area contributed by atoms with Crippen LogP contribution >= 0.6 is 0 Å². The SMILES string of the molecule is CO[C@H]([C@H]1CC(c2ccc([N+](=O)[O-])cc2)=NO1)C(C)(C)C. The number of non-ortho nitro benzene ring substituents is 1. The van der Waals surface area contributed by atoms with Crippen molar-refractivity contribution in [2.75, 3.05) is 7.11 Å². The first-order valence-corrected chi connectivity index (χ1v) is 6.83. The number of rotatable bonds is 4. The van der Waals surface area contributed by atoms with Crippen molar-refractivity contribution in [3.63, 3.8) is 0 Å². The van der Waals surface area contributed by atoms with E-state index in [0.29, 0.717) is 6.42 Å². The maximum absolute atomic E-state index is 10.7. The fraction of sp³-hybridized carbons (Fsp3) is 0.533. The van der Waals surface area contributed by atoms with Crippen LogP contribution in [0.5, 0.6) is 0 Å². The Hall–Kier alpha value is -1.95. The Labute approximate surface area is 123 Å². The summed E-state index contributed by atoms with van der Waals surface area (Å²) in [5.41, 5.74) is 1.65. The van der Waals surface area contributed by atoms with Crippen LogP contribution in [-0.4, -0.2) is 30.0 Å². The molecule has 0 N–H and O–H groups in total. The zero-order valence-corrected chi connectivity index (χ0v) is 12.7. The third kappa shape index (κ3) is 3.39. The molecular weight excluding hydrogens is 272 g/mol. The van der Waals surface area contributed by atoms with Crippen LogP contribution in [0.4, 0.5) is 5.69 Å². The van der Waals surface area contributed by atoms with E-state index in [1.165, 1.54) is 12.1 Å². The van der Waals surface area contributed by atoms with E-state index in [1.807, 2.05) is 0 Å². The summed E-state index contributed by atoms with van der Waals surface area (Å²) in [6, 6.07) is 6.34. The van der Waals surface area contributed by atoms with Crippen LogP contribution in [-0.2, 0) is 9.57 Å². The minimum absolute atomic E-state index is 0.0557. The van der Waals surface area contributed by atoms with E-state index in [4.69, 9.17) is 9.57 Å². The predicted molar refractivity (Wildman–Crippen MR) is 79.4 cm³/mol. The van der Waals surface area contributed by atoms with Crippen LogP contribution in [0.25, 0.3) is 0 Å². The fourth-order valence-electron chi connectivity index (χ4n) is 2.57. The van der Waals surface area contributed by atoms with Gasteiger partial charge in [0.05, 0.1) is 10.6 Å². The summed E-state index contributed by atoms with van der Waals surface area (Å²) in [6.45, 7) is 6.27. The number of oxime groups is 1. The standard InChI is InChI=1S/C15H20N2O4/c1-15(2,3)14(20-4)13-9-12(16-21-13)10-5-7-11(8-6-10)17(18)19/h5-8,13-14H,9H2,1-4H3/t13-,14-/m1/s1. The van der Waals surface area contributed by atoms with Gasteiger partial charge in [0.2, 0.25) is 0 Å². The predicted octanol–water partition coefficient (Wildman–Crippen LogP) is 3.15. The molecule has 6 nitrogen and oxygen atoms in total. The summed E-state index contributed by atoms with van der Waals surface area (Å²) in [6.07, 6.45) is 0.421. The lowest BCUT2D eigenvalue weighted by Crippen LogP contribution is -2.39. The lowest BCUT2D eigenvalue weighted by atomic mass is 9.84. The van der Waals surface area contributed by atoms with E-state index in [1.54, 1.807) is 19.2 Å². The van der Waals surface area contributed by atoms with Crippen molar-refractivity contribution in [1.82, 2.24) is 0 Å². The van der Waals surface area contributed by atoms with Gasteiger partial charge in [-0.3, -0.25) is 10.1 Å². The molecule has 0 radical (unpaired) electrons. The zero-order valence-electron chi connectivity index (χ0n) is 12.7. The first-order chi connectivity index (χ1) is 9.82. The Balaban J connectivity index is 2.09. The van der Waals surface area contributed by atoms with Crippen molar-refractivity contribution in [2.45, 2.75) is 39.4 Å². The zero-order chi connectivity index (χ0) is 15.6. The summed E-state index contributed by atoms with van der Waals surface area (Å²) < 4.78 is 5.55. The summed E-state index contributed by atoms with van der Waals surface area (Å²) in [5.74, 6) is 0. The molecule has 0 unspecified atom stereocenters. The van der Waals surface area contributed by atoms with Gasteiger partial charge >= 0.3 is 0 Å². The Morgan fingerprint density at radius 3 is 2.48 bits per heavy atom. The van der Waals surface area contributed by atoms with Crippen molar-refractivity contribution in [3.05, 3.63) is 39.9 Å². The molecule has 1 aliphatic heterocycles. The number of ether oxygens (including phenoxy) is 1. The van der Waals surface area contributed by atoms with Crippen LogP contribution in [0.2, 0.25) is 0 Å². The molecule has 1 aromatic rings. The van der Waals surface area contributed by atoms with E-state index < -0.39 is 4.92 Å². The van der Waals surface area contributed by atoms with Gasteiger partial charge in [-0.2, -0.15) is 0 Å². The first-order valence-electron chi connectivity index (χ1n) is 6.83. The first kappa shape index (κ1) is 15.4. The normalized spacial score (nSPS) is 19.8. The number of hydrogen-bond acceptors (Lipinski definition) is 5. The third-order valence-electron chi connectivity index (χ3n) is 3.55. The third-order valence-corrected chi connectivity index (χ3v) is 3.55. The lowest BCUT2D eigenvalue weighted by Gasteiger charge is -2.32. The van der Waals surface area contributed by atoms with Gasteiger partial charge < -0.3 is 9.57 Å². The molecular formula is C15H20N2O4. The van der Waals surface area contributed by atoms with Gasteiger partial charge in [-0.15, -0.1) is 0 Å².